The Bertz CT molecular complexity index is 586. The Kier molecular flexibility index (Phi) is 4.02. The Morgan fingerprint density at radius 2 is 2.05 bits per heavy atom. The normalized spacial score (nSPS) is 10.2. The van der Waals surface area contributed by atoms with Crippen molar-refractivity contribution in [2.45, 2.75) is 6.54 Å². The van der Waals surface area contributed by atoms with Crippen molar-refractivity contribution in [1.29, 1.82) is 0 Å². The summed E-state index contributed by atoms with van der Waals surface area (Å²) >= 11 is 5.79. The second-order valence-electron chi connectivity index (χ2n) is 4.24. The number of amides is 1. The summed E-state index contributed by atoms with van der Waals surface area (Å²) in [7, 11) is 1.73. The Morgan fingerprint density at radius 3 is 2.74 bits per heavy atom. The molecule has 2 aromatic rings. The molecule has 0 radical (unpaired) electrons. The molecule has 98 valence electrons. The van der Waals surface area contributed by atoms with Crippen LogP contribution >= 0.6 is 11.6 Å². The Hall–Kier alpha value is -2.07. The number of aromatic nitrogens is 1. The molecule has 0 aliphatic carbocycles. The van der Waals surface area contributed by atoms with Crippen LogP contribution in [0.2, 0.25) is 5.15 Å². The van der Waals surface area contributed by atoms with Crippen molar-refractivity contribution in [3.63, 3.8) is 0 Å². The highest BCUT2D eigenvalue weighted by Gasteiger charge is 2.15. The number of rotatable bonds is 3. The van der Waals surface area contributed by atoms with Gasteiger partial charge in [0.25, 0.3) is 5.91 Å². The van der Waals surface area contributed by atoms with Crippen LogP contribution in [0.25, 0.3) is 0 Å². The van der Waals surface area contributed by atoms with Crippen molar-refractivity contribution in [2.75, 3.05) is 12.8 Å². The number of nitrogens with two attached hydrogens (primary N) is 1. The van der Waals surface area contributed by atoms with Crippen molar-refractivity contribution in [1.82, 2.24) is 9.88 Å². The van der Waals surface area contributed by atoms with E-state index in [-0.39, 0.29) is 11.1 Å². The second-order valence-corrected chi connectivity index (χ2v) is 4.63. The molecule has 0 spiro atoms. The quantitative estimate of drug-likeness (QED) is 0.876. The van der Waals surface area contributed by atoms with Crippen LogP contribution < -0.4 is 5.73 Å². The van der Waals surface area contributed by atoms with Crippen molar-refractivity contribution in [3.8, 4) is 0 Å². The third-order valence-corrected chi connectivity index (χ3v) is 2.95. The summed E-state index contributed by atoms with van der Waals surface area (Å²) in [5.74, 6) is -0.175. The number of pyridine rings is 1. The van der Waals surface area contributed by atoms with E-state index < -0.39 is 0 Å². The first-order valence-corrected chi connectivity index (χ1v) is 6.16. The Labute approximate surface area is 116 Å². The fourth-order valence-electron chi connectivity index (χ4n) is 1.76. The van der Waals surface area contributed by atoms with E-state index in [4.69, 9.17) is 17.3 Å². The van der Waals surface area contributed by atoms with Gasteiger partial charge in [-0.15, -0.1) is 0 Å². The van der Waals surface area contributed by atoms with Gasteiger partial charge in [-0.2, -0.15) is 0 Å². The van der Waals surface area contributed by atoms with E-state index in [0.29, 0.717) is 17.8 Å². The topological polar surface area (TPSA) is 59.2 Å². The maximum atomic E-state index is 12.3. The van der Waals surface area contributed by atoms with E-state index in [9.17, 15) is 4.79 Å². The molecule has 4 nitrogen and oxygen atoms in total. The number of anilines is 1. The fourth-order valence-corrected chi connectivity index (χ4v) is 1.92. The molecule has 1 aromatic carbocycles. The number of carbonyl (C=O) groups is 1. The molecule has 0 fully saturated rings. The Balaban J connectivity index is 2.17. The average molecular weight is 276 g/mol. The first kappa shape index (κ1) is 13.4. The highest BCUT2D eigenvalue weighted by atomic mass is 35.5. The molecular weight excluding hydrogens is 262 g/mol. The molecule has 5 heteroatoms. The molecule has 0 aliphatic heterocycles. The summed E-state index contributed by atoms with van der Waals surface area (Å²) in [5, 5.41) is 0.255. The van der Waals surface area contributed by atoms with Gasteiger partial charge in [0, 0.05) is 13.6 Å². The maximum absolute atomic E-state index is 12.3. The standard InChI is InChI=1S/C14H14ClN3O/c1-18(9-10-5-3-2-4-6-10)14(19)11-7-13(15)17-8-12(11)16/h2-8H,9,16H2,1H3. The van der Waals surface area contributed by atoms with Crippen molar-refractivity contribution in [2.24, 2.45) is 0 Å². The molecule has 1 heterocycles. The van der Waals surface area contributed by atoms with Crippen LogP contribution in [-0.2, 0) is 6.54 Å². The van der Waals surface area contributed by atoms with Crippen molar-refractivity contribution in [3.05, 3.63) is 58.9 Å². The lowest BCUT2D eigenvalue weighted by molar-refractivity contribution is 0.0786. The lowest BCUT2D eigenvalue weighted by Gasteiger charge is -2.18. The molecule has 0 atom stereocenters. The van der Waals surface area contributed by atoms with Crippen LogP contribution in [-0.4, -0.2) is 22.8 Å². The molecule has 0 bridgehead atoms. The highest BCUT2D eigenvalue weighted by Crippen LogP contribution is 2.17. The van der Waals surface area contributed by atoms with Crippen LogP contribution in [0, 0.1) is 0 Å². The van der Waals surface area contributed by atoms with Gasteiger partial charge in [0.05, 0.1) is 17.4 Å². The van der Waals surface area contributed by atoms with Gasteiger partial charge < -0.3 is 10.6 Å². The Morgan fingerprint density at radius 1 is 1.37 bits per heavy atom. The third kappa shape index (κ3) is 3.23. The number of carbonyl (C=O) groups excluding carboxylic acids is 1. The minimum Gasteiger partial charge on any atom is -0.397 e. The van der Waals surface area contributed by atoms with Crippen LogP contribution in [0.1, 0.15) is 15.9 Å². The SMILES string of the molecule is CN(Cc1ccccc1)C(=O)c1cc(Cl)ncc1N. The summed E-state index contributed by atoms with van der Waals surface area (Å²) in [5.41, 5.74) is 7.51. The van der Waals surface area contributed by atoms with Gasteiger partial charge in [-0.25, -0.2) is 4.98 Å². The molecule has 0 saturated heterocycles. The van der Waals surface area contributed by atoms with E-state index in [0.717, 1.165) is 5.56 Å². The van der Waals surface area contributed by atoms with Gasteiger partial charge in [0.15, 0.2) is 0 Å². The van der Waals surface area contributed by atoms with Gasteiger partial charge in [0.2, 0.25) is 0 Å². The van der Waals surface area contributed by atoms with Crippen LogP contribution in [0.4, 0.5) is 5.69 Å². The molecular formula is C14H14ClN3O. The summed E-state index contributed by atoms with van der Waals surface area (Å²) in [6.45, 7) is 0.513. The zero-order valence-electron chi connectivity index (χ0n) is 10.5. The molecule has 0 unspecified atom stereocenters. The van der Waals surface area contributed by atoms with Gasteiger partial charge in [-0.3, -0.25) is 4.79 Å². The van der Waals surface area contributed by atoms with Crippen LogP contribution in [0.5, 0.6) is 0 Å². The highest BCUT2D eigenvalue weighted by molar-refractivity contribution is 6.29. The zero-order valence-corrected chi connectivity index (χ0v) is 11.3. The molecule has 2 N–H and O–H groups in total. The van der Waals surface area contributed by atoms with Gasteiger partial charge in [-0.05, 0) is 11.6 Å². The summed E-state index contributed by atoms with van der Waals surface area (Å²) < 4.78 is 0. The molecule has 0 aliphatic rings. The molecule has 1 aromatic heterocycles. The largest absolute Gasteiger partial charge is 0.397 e. The number of hydrogen-bond acceptors (Lipinski definition) is 3. The van der Waals surface area contributed by atoms with Crippen molar-refractivity contribution < 1.29 is 4.79 Å². The molecule has 2 rings (SSSR count). The monoisotopic (exact) mass is 275 g/mol. The van der Waals surface area contributed by atoms with E-state index in [1.807, 2.05) is 30.3 Å². The van der Waals surface area contributed by atoms with E-state index in [1.54, 1.807) is 11.9 Å². The van der Waals surface area contributed by atoms with E-state index >= 15 is 0 Å². The van der Waals surface area contributed by atoms with Crippen molar-refractivity contribution >= 4 is 23.2 Å². The second kappa shape index (κ2) is 5.71. The first-order chi connectivity index (χ1) is 9.08. The number of halogens is 1. The molecule has 0 saturated carbocycles. The number of benzene rings is 1. The van der Waals surface area contributed by atoms with Gasteiger partial charge in [0.1, 0.15) is 5.15 Å². The zero-order chi connectivity index (χ0) is 13.8. The fraction of sp³-hybridized carbons (Fsp3) is 0.143. The predicted octanol–water partition coefficient (Wildman–Crippen LogP) is 2.59. The average Bonchev–Trinajstić information content (AvgIpc) is 2.42. The van der Waals surface area contributed by atoms with E-state index in [2.05, 4.69) is 4.98 Å². The number of nitrogens with zero attached hydrogens (tertiary/aromatic N) is 2. The molecule has 1 amide bonds. The van der Waals surface area contributed by atoms with Gasteiger partial charge in [-0.1, -0.05) is 41.9 Å². The maximum Gasteiger partial charge on any atom is 0.256 e. The first-order valence-electron chi connectivity index (χ1n) is 5.78. The lowest BCUT2D eigenvalue weighted by atomic mass is 10.1. The lowest BCUT2D eigenvalue weighted by Crippen LogP contribution is -2.27. The number of hydrogen-bond donors (Lipinski definition) is 1. The molecule has 19 heavy (non-hydrogen) atoms. The predicted molar refractivity (Wildman–Crippen MR) is 75.9 cm³/mol. The minimum absolute atomic E-state index is 0.175. The summed E-state index contributed by atoms with van der Waals surface area (Å²) in [6.07, 6.45) is 1.39. The van der Waals surface area contributed by atoms with Gasteiger partial charge >= 0.3 is 0 Å². The summed E-state index contributed by atoms with van der Waals surface area (Å²) in [6, 6.07) is 11.2. The number of nitrogen functional groups attached to an aromatic ring is 1. The third-order valence-electron chi connectivity index (χ3n) is 2.74. The smallest absolute Gasteiger partial charge is 0.256 e. The minimum atomic E-state index is -0.175. The van der Waals surface area contributed by atoms with Crippen LogP contribution in [0.15, 0.2) is 42.6 Å². The van der Waals surface area contributed by atoms with Crippen LogP contribution in [0.3, 0.4) is 0 Å². The van der Waals surface area contributed by atoms with E-state index in [1.165, 1.54) is 12.3 Å². The summed E-state index contributed by atoms with van der Waals surface area (Å²) in [4.78, 5) is 17.7.